The molecule has 2 heteroatoms. The van der Waals surface area contributed by atoms with Crippen LogP contribution < -0.4 is 0 Å². The monoisotopic (exact) mass is 394 g/mol. The van der Waals surface area contributed by atoms with E-state index in [9.17, 15) is 0 Å². The van der Waals surface area contributed by atoms with Crippen molar-refractivity contribution < 1.29 is 0 Å². The number of hydrogen-bond acceptors (Lipinski definition) is 2. The molecule has 152 valence electrons. The van der Waals surface area contributed by atoms with E-state index in [1.54, 1.807) is 0 Å². The number of nitrogens with zero attached hydrogens (tertiary/aromatic N) is 2. The summed E-state index contributed by atoms with van der Waals surface area (Å²) in [5, 5.41) is 0. The van der Waals surface area contributed by atoms with Gasteiger partial charge in [0.05, 0.1) is 22.8 Å². The third-order valence-corrected chi connectivity index (χ3v) is 4.45. The fourth-order valence-corrected chi connectivity index (χ4v) is 2.85. The van der Waals surface area contributed by atoms with Crippen LogP contribution in [0.5, 0.6) is 0 Å². The summed E-state index contributed by atoms with van der Waals surface area (Å²) in [5.41, 5.74) is 6.68. The van der Waals surface area contributed by atoms with E-state index in [4.69, 9.17) is 9.98 Å². The Bertz CT molecular complexity index is 1030. The molecule has 2 aromatic rings. The molecular weight excluding hydrogens is 364 g/mol. The van der Waals surface area contributed by atoms with Crippen molar-refractivity contribution in [3.63, 3.8) is 0 Å². The Labute approximate surface area is 181 Å². The molecule has 0 spiro atoms. The van der Waals surface area contributed by atoms with Gasteiger partial charge in [0.15, 0.2) is 0 Å². The van der Waals surface area contributed by atoms with Gasteiger partial charge >= 0.3 is 0 Å². The Hall–Kier alpha value is -3.52. The summed E-state index contributed by atoms with van der Waals surface area (Å²) in [5.74, 6) is 0. The number of aliphatic imine (C=N–C) groups is 1. The number of aromatic nitrogens is 1. The van der Waals surface area contributed by atoms with E-state index in [-0.39, 0.29) is 0 Å². The maximum absolute atomic E-state index is 4.98. The van der Waals surface area contributed by atoms with Gasteiger partial charge in [0, 0.05) is 5.56 Å². The highest BCUT2D eigenvalue weighted by Gasteiger charge is 2.08. The predicted molar refractivity (Wildman–Crippen MR) is 132 cm³/mol. The Morgan fingerprint density at radius 3 is 2.23 bits per heavy atom. The Kier molecular flexibility index (Phi) is 9.20. The molecule has 0 atom stereocenters. The van der Waals surface area contributed by atoms with Crippen LogP contribution in [0.1, 0.15) is 44.6 Å². The van der Waals surface area contributed by atoms with Crippen LogP contribution in [0, 0.1) is 0 Å². The second-order valence-electron chi connectivity index (χ2n) is 6.74. The third-order valence-electron chi connectivity index (χ3n) is 4.45. The van der Waals surface area contributed by atoms with Gasteiger partial charge < -0.3 is 0 Å². The normalized spacial score (nSPS) is 14.0. The summed E-state index contributed by atoms with van der Waals surface area (Å²) in [6.45, 7) is 12.0. The van der Waals surface area contributed by atoms with E-state index < -0.39 is 0 Å². The van der Waals surface area contributed by atoms with Crippen LogP contribution in [0.4, 0.5) is 0 Å². The molecule has 1 heterocycles. The second kappa shape index (κ2) is 12.1. The molecule has 0 amide bonds. The van der Waals surface area contributed by atoms with Crippen LogP contribution in [0.15, 0.2) is 114 Å². The standard InChI is InChI=1S/C28H30N2/c1-6-9-12-16-22(4)28(25-18-13-11-14-19-25)29-23(5)26-20-15-21-27(30-26)24(8-3)17-10-7-2/h6-21H,3H2,1-2,4-5H3/b9-6-,10-7-,16-12-,24-17+,28-22+,29-23?. The highest BCUT2D eigenvalue weighted by Crippen LogP contribution is 2.23. The van der Waals surface area contributed by atoms with Crippen LogP contribution in [-0.4, -0.2) is 10.7 Å². The summed E-state index contributed by atoms with van der Waals surface area (Å²) in [4.78, 5) is 9.81. The predicted octanol–water partition coefficient (Wildman–Crippen LogP) is 7.60. The van der Waals surface area contributed by atoms with Crippen molar-refractivity contribution in [1.82, 2.24) is 4.98 Å². The lowest BCUT2D eigenvalue weighted by Gasteiger charge is -2.09. The van der Waals surface area contributed by atoms with Crippen LogP contribution in [-0.2, 0) is 0 Å². The van der Waals surface area contributed by atoms with E-state index in [1.807, 2.05) is 99.7 Å². The molecule has 0 N–H and O–H groups in total. The van der Waals surface area contributed by atoms with Crippen molar-refractivity contribution in [2.75, 3.05) is 0 Å². The van der Waals surface area contributed by atoms with Gasteiger partial charge in [-0.3, -0.25) is 4.99 Å². The van der Waals surface area contributed by atoms with E-state index in [2.05, 4.69) is 31.7 Å². The van der Waals surface area contributed by atoms with Crippen molar-refractivity contribution >= 4 is 17.0 Å². The van der Waals surface area contributed by atoms with Crippen LogP contribution in [0.2, 0.25) is 0 Å². The third kappa shape index (κ3) is 6.52. The lowest BCUT2D eigenvalue weighted by molar-refractivity contribution is 1.24. The van der Waals surface area contributed by atoms with Crippen LogP contribution in [0.3, 0.4) is 0 Å². The summed E-state index contributed by atoms with van der Waals surface area (Å²) >= 11 is 0. The number of pyridine rings is 1. The minimum atomic E-state index is 0.847. The molecule has 1 aromatic heterocycles. The second-order valence-corrected chi connectivity index (χ2v) is 6.74. The van der Waals surface area contributed by atoms with Crippen molar-refractivity contribution in [2.45, 2.75) is 27.7 Å². The maximum Gasteiger partial charge on any atom is 0.0849 e. The molecule has 0 fully saturated rings. The SMILES string of the molecule is C=C/C(=C\C=C/C)c1cccc(C(C)=N/C(=C(C)/C=C\C=C/C)c2ccccc2)n1. The summed E-state index contributed by atoms with van der Waals surface area (Å²) in [7, 11) is 0. The van der Waals surface area contributed by atoms with Gasteiger partial charge in [0.25, 0.3) is 0 Å². The molecule has 1 aromatic carbocycles. The number of benzene rings is 1. The molecule has 0 radical (unpaired) electrons. The van der Waals surface area contributed by atoms with Gasteiger partial charge in [-0.05, 0) is 51.0 Å². The lowest BCUT2D eigenvalue weighted by Crippen LogP contribution is -2.02. The number of rotatable bonds is 8. The van der Waals surface area contributed by atoms with Crippen LogP contribution in [0.25, 0.3) is 11.3 Å². The summed E-state index contributed by atoms with van der Waals surface area (Å²) < 4.78 is 0. The van der Waals surface area contributed by atoms with Crippen molar-refractivity contribution in [3.8, 4) is 0 Å². The maximum atomic E-state index is 4.98. The van der Waals surface area contributed by atoms with E-state index in [0.29, 0.717) is 0 Å². The zero-order valence-corrected chi connectivity index (χ0v) is 18.3. The van der Waals surface area contributed by atoms with Gasteiger partial charge in [0.2, 0.25) is 0 Å². The van der Waals surface area contributed by atoms with Gasteiger partial charge in [-0.1, -0.05) is 91.6 Å². The Balaban J connectivity index is 2.53. The quantitative estimate of drug-likeness (QED) is 0.334. The van der Waals surface area contributed by atoms with Crippen molar-refractivity contribution in [1.29, 1.82) is 0 Å². The first-order valence-electron chi connectivity index (χ1n) is 10.1. The molecule has 0 aliphatic carbocycles. The van der Waals surface area contributed by atoms with Gasteiger partial charge in [-0.15, -0.1) is 0 Å². The topological polar surface area (TPSA) is 25.2 Å². The summed E-state index contributed by atoms with van der Waals surface area (Å²) in [6, 6.07) is 16.2. The molecule has 0 unspecified atom stereocenters. The highest BCUT2D eigenvalue weighted by molar-refractivity contribution is 6.01. The van der Waals surface area contributed by atoms with Gasteiger partial charge in [-0.25, -0.2) is 4.98 Å². The fraction of sp³-hybridized carbons (Fsp3) is 0.143. The minimum absolute atomic E-state index is 0.847. The average Bonchev–Trinajstić information content (AvgIpc) is 2.78. The van der Waals surface area contributed by atoms with E-state index >= 15 is 0 Å². The van der Waals surface area contributed by atoms with Gasteiger partial charge in [0.1, 0.15) is 0 Å². The Morgan fingerprint density at radius 1 is 0.867 bits per heavy atom. The van der Waals surface area contributed by atoms with E-state index in [0.717, 1.165) is 39.5 Å². The first kappa shape index (κ1) is 22.8. The average molecular weight is 395 g/mol. The highest BCUT2D eigenvalue weighted by atomic mass is 14.8. The number of allylic oxidation sites excluding steroid dienone is 10. The van der Waals surface area contributed by atoms with Crippen molar-refractivity contribution in [3.05, 3.63) is 126 Å². The molecule has 0 aliphatic heterocycles. The molecule has 2 nitrogen and oxygen atoms in total. The van der Waals surface area contributed by atoms with Crippen molar-refractivity contribution in [2.24, 2.45) is 4.99 Å². The molecule has 2 rings (SSSR count). The largest absolute Gasteiger partial charge is 0.251 e. The molecule has 0 saturated heterocycles. The molecule has 0 bridgehead atoms. The Morgan fingerprint density at radius 2 is 1.57 bits per heavy atom. The van der Waals surface area contributed by atoms with Crippen LogP contribution >= 0.6 is 0 Å². The number of hydrogen-bond donors (Lipinski definition) is 0. The molecular formula is C28H30N2. The first-order chi connectivity index (χ1) is 14.6. The zero-order chi connectivity index (χ0) is 21.8. The molecule has 30 heavy (non-hydrogen) atoms. The molecule has 0 saturated carbocycles. The smallest absolute Gasteiger partial charge is 0.0849 e. The zero-order valence-electron chi connectivity index (χ0n) is 18.3. The molecule has 0 aliphatic rings. The first-order valence-corrected chi connectivity index (χ1v) is 10.1. The van der Waals surface area contributed by atoms with Gasteiger partial charge in [-0.2, -0.15) is 0 Å². The van der Waals surface area contributed by atoms with E-state index in [1.165, 1.54) is 0 Å². The summed E-state index contributed by atoms with van der Waals surface area (Å²) in [6.07, 6.45) is 15.9. The fourth-order valence-electron chi connectivity index (χ4n) is 2.85. The lowest BCUT2D eigenvalue weighted by atomic mass is 10.1. The minimum Gasteiger partial charge on any atom is -0.251 e.